The molecular formula is C20H24N2O4. The van der Waals surface area contributed by atoms with E-state index in [1.807, 2.05) is 36.4 Å². The van der Waals surface area contributed by atoms with E-state index in [9.17, 15) is 14.4 Å². The Morgan fingerprint density at radius 3 is 2.23 bits per heavy atom. The molecule has 26 heavy (non-hydrogen) atoms. The average molecular weight is 356 g/mol. The van der Waals surface area contributed by atoms with Gasteiger partial charge in [0.15, 0.2) is 0 Å². The molecule has 3 amide bonds. The van der Waals surface area contributed by atoms with Gasteiger partial charge in [-0.15, -0.1) is 0 Å². The van der Waals surface area contributed by atoms with Gasteiger partial charge in [0.25, 0.3) is 0 Å². The highest BCUT2D eigenvalue weighted by Crippen LogP contribution is 2.35. The van der Waals surface area contributed by atoms with Crippen LogP contribution in [-0.2, 0) is 20.9 Å². The summed E-state index contributed by atoms with van der Waals surface area (Å²) in [6.07, 6.45) is 5.32. The topological polar surface area (TPSA) is 66.9 Å². The minimum atomic E-state index is -0.236. The van der Waals surface area contributed by atoms with E-state index in [0.717, 1.165) is 11.3 Å². The van der Waals surface area contributed by atoms with Crippen molar-refractivity contribution in [2.24, 2.45) is 11.8 Å². The first-order valence-electron chi connectivity index (χ1n) is 8.88. The number of fused-ring (bicyclic) bond motifs is 1. The number of likely N-dealkylation sites (tertiary alicyclic amines) is 1. The first-order chi connectivity index (χ1) is 12.5. The molecule has 2 atom stereocenters. The smallest absolute Gasteiger partial charge is 0.233 e. The lowest BCUT2D eigenvalue weighted by molar-refractivity contribution is -0.140. The van der Waals surface area contributed by atoms with Crippen molar-refractivity contribution in [3.8, 4) is 5.75 Å². The fourth-order valence-electron chi connectivity index (χ4n) is 3.58. The summed E-state index contributed by atoms with van der Waals surface area (Å²) < 4.78 is 5.12. The van der Waals surface area contributed by atoms with Crippen LogP contribution in [0.2, 0.25) is 0 Å². The second-order valence-electron chi connectivity index (χ2n) is 6.83. The molecule has 1 aliphatic carbocycles. The lowest BCUT2D eigenvalue weighted by Gasteiger charge is -2.20. The van der Waals surface area contributed by atoms with Crippen LogP contribution in [0.4, 0.5) is 0 Å². The molecule has 3 rings (SSSR count). The maximum Gasteiger partial charge on any atom is 0.233 e. The van der Waals surface area contributed by atoms with Crippen LogP contribution in [0.15, 0.2) is 36.4 Å². The zero-order valence-corrected chi connectivity index (χ0v) is 15.2. The minimum absolute atomic E-state index is 0.0885. The van der Waals surface area contributed by atoms with Crippen LogP contribution in [-0.4, -0.2) is 48.2 Å². The zero-order valence-electron chi connectivity index (χ0n) is 15.2. The third-order valence-corrected chi connectivity index (χ3v) is 5.15. The fraction of sp³-hybridized carbons (Fsp3) is 0.450. The highest BCUT2D eigenvalue weighted by atomic mass is 16.5. The second-order valence-corrected chi connectivity index (χ2v) is 6.83. The number of benzene rings is 1. The zero-order chi connectivity index (χ0) is 18.7. The van der Waals surface area contributed by atoms with Crippen LogP contribution >= 0.6 is 0 Å². The molecule has 1 saturated heterocycles. The van der Waals surface area contributed by atoms with Gasteiger partial charge in [-0.1, -0.05) is 24.3 Å². The van der Waals surface area contributed by atoms with E-state index in [0.29, 0.717) is 19.4 Å². The Balaban J connectivity index is 1.53. The number of hydrogen-bond acceptors (Lipinski definition) is 4. The molecule has 1 aromatic rings. The number of methoxy groups -OCH3 is 1. The molecule has 1 aliphatic heterocycles. The summed E-state index contributed by atoms with van der Waals surface area (Å²) in [4.78, 5) is 40.1. The number of ether oxygens (including phenoxy) is 1. The number of carbonyl (C=O) groups is 3. The molecule has 0 spiro atoms. The van der Waals surface area contributed by atoms with Crippen molar-refractivity contribution < 1.29 is 19.1 Å². The van der Waals surface area contributed by atoms with Crippen LogP contribution in [0, 0.1) is 11.8 Å². The summed E-state index contributed by atoms with van der Waals surface area (Å²) in [5.74, 6) is -0.0525. The molecule has 6 nitrogen and oxygen atoms in total. The van der Waals surface area contributed by atoms with E-state index in [-0.39, 0.29) is 42.5 Å². The Hall–Kier alpha value is -2.63. The summed E-state index contributed by atoms with van der Waals surface area (Å²) in [7, 11) is 3.33. The number of hydrogen-bond donors (Lipinski definition) is 0. The van der Waals surface area contributed by atoms with Crippen molar-refractivity contribution in [3.05, 3.63) is 42.0 Å². The van der Waals surface area contributed by atoms with Gasteiger partial charge in [0.2, 0.25) is 17.7 Å². The van der Waals surface area contributed by atoms with Gasteiger partial charge in [0.05, 0.1) is 18.9 Å². The van der Waals surface area contributed by atoms with E-state index in [1.165, 1.54) is 4.90 Å². The summed E-state index contributed by atoms with van der Waals surface area (Å²) in [5.41, 5.74) is 0.993. The van der Waals surface area contributed by atoms with Gasteiger partial charge in [0, 0.05) is 26.6 Å². The van der Waals surface area contributed by atoms with Crippen molar-refractivity contribution in [1.29, 1.82) is 0 Å². The monoisotopic (exact) mass is 356 g/mol. The number of carbonyl (C=O) groups excluding carboxylic acids is 3. The SMILES string of the molecule is COc1ccc(CN(C)C(=O)CCN2C(=O)[C@@H]3CC=CC[C@H]3C2=O)cc1. The van der Waals surface area contributed by atoms with Gasteiger partial charge >= 0.3 is 0 Å². The van der Waals surface area contributed by atoms with Crippen LogP contribution in [0.25, 0.3) is 0 Å². The maximum atomic E-state index is 12.4. The predicted molar refractivity (Wildman–Crippen MR) is 96.2 cm³/mol. The largest absolute Gasteiger partial charge is 0.497 e. The van der Waals surface area contributed by atoms with Gasteiger partial charge in [-0.2, -0.15) is 0 Å². The lowest BCUT2D eigenvalue weighted by Crippen LogP contribution is -2.36. The molecule has 1 heterocycles. The van der Waals surface area contributed by atoms with Gasteiger partial charge in [-0.05, 0) is 30.5 Å². The molecule has 0 unspecified atom stereocenters. The Bertz CT molecular complexity index is 700. The number of nitrogens with zero attached hydrogens (tertiary/aromatic N) is 2. The maximum absolute atomic E-state index is 12.4. The highest BCUT2D eigenvalue weighted by molar-refractivity contribution is 6.05. The fourth-order valence-corrected chi connectivity index (χ4v) is 3.58. The molecule has 2 aliphatic rings. The van der Waals surface area contributed by atoms with Gasteiger partial charge < -0.3 is 9.64 Å². The summed E-state index contributed by atoms with van der Waals surface area (Å²) in [6, 6.07) is 7.53. The number of allylic oxidation sites excluding steroid dienone is 2. The Labute approximate surface area is 153 Å². The molecule has 0 aromatic heterocycles. The molecule has 138 valence electrons. The quantitative estimate of drug-likeness (QED) is 0.578. The van der Waals surface area contributed by atoms with Gasteiger partial charge in [0.1, 0.15) is 5.75 Å². The van der Waals surface area contributed by atoms with Gasteiger partial charge in [-0.25, -0.2) is 0 Å². The van der Waals surface area contributed by atoms with Gasteiger partial charge in [-0.3, -0.25) is 19.3 Å². The normalized spacial score (nSPS) is 21.7. The molecule has 0 radical (unpaired) electrons. The standard InChI is InChI=1S/C20H24N2O4/c1-21(13-14-7-9-15(26-2)10-8-14)18(23)11-12-22-19(24)16-5-3-4-6-17(16)20(22)25/h3-4,7-10,16-17H,5-6,11-13H2,1-2H3/t16-,17-/m1/s1. The minimum Gasteiger partial charge on any atom is -0.497 e. The summed E-state index contributed by atoms with van der Waals surface area (Å²) >= 11 is 0. The Morgan fingerprint density at radius 2 is 1.69 bits per heavy atom. The third-order valence-electron chi connectivity index (χ3n) is 5.15. The Kier molecular flexibility index (Phi) is 5.40. The van der Waals surface area contributed by atoms with E-state index in [2.05, 4.69) is 0 Å². The molecule has 0 saturated carbocycles. The summed E-state index contributed by atoms with van der Waals surface area (Å²) in [6.45, 7) is 0.635. The molecule has 0 bridgehead atoms. The van der Waals surface area contributed by atoms with Crippen molar-refractivity contribution in [1.82, 2.24) is 9.80 Å². The molecular weight excluding hydrogens is 332 g/mol. The molecule has 6 heteroatoms. The third kappa shape index (κ3) is 3.64. The van der Waals surface area contributed by atoms with E-state index < -0.39 is 0 Å². The van der Waals surface area contributed by atoms with Crippen LogP contribution in [0.3, 0.4) is 0 Å². The predicted octanol–water partition coefficient (Wildman–Crippen LogP) is 1.99. The lowest BCUT2D eigenvalue weighted by atomic mass is 9.85. The summed E-state index contributed by atoms with van der Waals surface area (Å²) in [5, 5.41) is 0. The van der Waals surface area contributed by atoms with Crippen molar-refractivity contribution in [2.75, 3.05) is 20.7 Å². The molecule has 0 N–H and O–H groups in total. The van der Waals surface area contributed by atoms with Crippen molar-refractivity contribution >= 4 is 17.7 Å². The second kappa shape index (κ2) is 7.72. The first-order valence-corrected chi connectivity index (χ1v) is 8.88. The van der Waals surface area contributed by atoms with Crippen molar-refractivity contribution in [3.63, 3.8) is 0 Å². The van der Waals surface area contributed by atoms with E-state index >= 15 is 0 Å². The van der Waals surface area contributed by atoms with E-state index in [1.54, 1.807) is 19.1 Å². The molecule has 1 aromatic carbocycles. The van der Waals surface area contributed by atoms with Crippen molar-refractivity contribution in [2.45, 2.75) is 25.8 Å². The van der Waals surface area contributed by atoms with Crippen LogP contribution in [0.5, 0.6) is 5.75 Å². The number of amides is 3. The van der Waals surface area contributed by atoms with E-state index in [4.69, 9.17) is 4.74 Å². The average Bonchev–Trinajstić information content (AvgIpc) is 2.91. The Morgan fingerprint density at radius 1 is 1.12 bits per heavy atom. The number of imide groups is 1. The number of rotatable bonds is 6. The molecule has 1 fully saturated rings. The van der Waals surface area contributed by atoms with Crippen LogP contribution < -0.4 is 4.74 Å². The first kappa shape index (κ1) is 18.2. The highest BCUT2D eigenvalue weighted by Gasteiger charge is 2.46. The van der Waals surface area contributed by atoms with Crippen LogP contribution in [0.1, 0.15) is 24.8 Å².